The summed E-state index contributed by atoms with van der Waals surface area (Å²) in [5.74, 6) is -3.10. The second-order valence-electron chi connectivity index (χ2n) is 25.2. The number of nitrogens with zero attached hydrogens (tertiary/aromatic N) is 9. The van der Waals surface area contributed by atoms with Gasteiger partial charge in [-0.05, 0) is 149 Å². The third kappa shape index (κ3) is 18.7. The lowest BCUT2D eigenvalue weighted by Crippen LogP contribution is -2.70. The second kappa shape index (κ2) is 32.5. The van der Waals surface area contributed by atoms with E-state index in [1.54, 1.807) is 81.8 Å². The average Bonchev–Trinajstić information content (AvgIpc) is 1.13. The van der Waals surface area contributed by atoms with Gasteiger partial charge in [0.05, 0.1) is 50.8 Å². The van der Waals surface area contributed by atoms with Gasteiger partial charge in [-0.3, -0.25) is 48.4 Å². The van der Waals surface area contributed by atoms with Gasteiger partial charge in [0.25, 0.3) is 11.8 Å². The Hall–Kier alpha value is -7.19. The number of hydrogen-bond donors (Lipinski definition) is 6. The zero-order valence-corrected chi connectivity index (χ0v) is 53.2. The quantitative estimate of drug-likeness (QED) is 0.0391. The minimum absolute atomic E-state index is 0.0466. The number of nitrogens with one attached hydrogen (secondary N) is 2. The summed E-state index contributed by atoms with van der Waals surface area (Å²) in [4.78, 5) is 114. The second-order valence-corrected chi connectivity index (χ2v) is 25.2. The number of carboxylic acid groups (broad SMARTS) is 4. The predicted molar refractivity (Wildman–Crippen MR) is 334 cm³/mol. The van der Waals surface area contributed by atoms with E-state index in [0.29, 0.717) is 137 Å². The fourth-order valence-corrected chi connectivity index (χ4v) is 13.8. The number of amides is 4. The van der Waals surface area contributed by atoms with Gasteiger partial charge in [-0.15, -0.1) is 0 Å². The smallest absolute Gasteiger partial charge is 0.495 e. The van der Waals surface area contributed by atoms with E-state index in [9.17, 15) is 58.8 Å². The molecule has 0 unspecified atom stereocenters. The molecule has 1 saturated heterocycles. The van der Waals surface area contributed by atoms with Crippen molar-refractivity contribution in [3.8, 4) is 28.4 Å². The average molecular weight is 1240 g/mol. The molecule has 2 aromatic carbocycles. The molecule has 25 nitrogen and oxygen atoms in total. The number of aliphatic hydroxyl groups excluding tert-OH is 1. The lowest BCUT2D eigenvalue weighted by molar-refractivity contribution is -0.163. The molecule has 5 aliphatic rings. The van der Waals surface area contributed by atoms with Crippen molar-refractivity contribution in [3.05, 3.63) is 59.3 Å². The Kier molecular flexibility index (Phi) is 25.3. The number of aliphatic carboxylic acids is 4. The third-order valence-corrected chi connectivity index (χ3v) is 18.5. The van der Waals surface area contributed by atoms with E-state index in [1.807, 2.05) is 44.0 Å². The fourth-order valence-electron chi connectivity index (χ4n) is 13.8. The first-order chi connectivity index (χ1) is 42.5. The van der Waals surface area contributed by atoms with E-state index in [4.69, 9.17) is 14.6 Å². The van der Waals surface area contributed by atoms with Crippen molar-refractivity contribution in [2.24, 2.45) is 23.7 Å². The highest BCUT2D eigenvalue weighted by molar-refractivity contribution is 5.98. The minimum Gasteiger partial charge on any atom is -0.496 e. The van der Waals surface area contributed by atoms with E-state index in [-0.39, 0.29) is 67.3 Å². The molecule has 1 aromatic heterocycles. The number of rotatable bonds is 31. The Morgan fingerprint density at radius 2 is 1.19 bits per heavy atom. The highest BCUT2D eigenvalue weighted by atomic mass is 16.5. The van der Waals surface area contributed by atoms with Crippen LogP contribution in [0.25, 0.3) is 16.9 Å². The van der Waals surface area contributed by atoms with Crippen LogP contribution in [0, 0.1) is 23.7 Å². The maximum absolute atomic E-state index is 14.5. The molecule has 4 amide bonds. The van der Waals surface area contributed by atoms with Crippen molar-refractivity contribution in [1.82, 2.24) is 54.7 Å². The molecule has 0 atom stereocenters. The van der Waals surface area contributed by atoms with Crippen LogP contribution >= 0.6 is 0 Å². The first-order valence-electron chi connectivity index (χ1n) is 31.5. The van der Waals surface area contributed by atoms with Crippen molar-refractivity contribution in [3.63, 3.8) is 0 Å². The van der Waals surface area contributed by atoms with E-state index in [2.05, 4.69) is 15.5 Å². The first kappa shape index (κ1) is 69.3. The molecular weight excluding hydrogens is 1150 g/mol. The summed E-state index contributed by atoms with van der Waals surface area (Å²) >= 11 is 0. The van der Waals surface area contributed by atoms with E-state index in [1.165, 1.54) is 0 Å². The SMILES string of the molecule is COc1cccc(OC)c1-c1cc(C(=O)NC2(C(=O)O)C3CC4CC(C3)CC2C4)nn1-c1ccc(C(=O)N(C)CCCN(C)CCCN(C)C(=O)CCCCCNC(=O)CN2CCN(CC(=O)O)CCN(CC(=O)O)CCN(CC(O)=[OH+])CC2)cc1C(C)C. The van der Waals surface area contributed by atoms with Crippen LogP contribution in [0.2, 0.25) is 0 Å². The van der Waals surface area contributed by atoms with Crippen molar-refractivity contribution in [1.29, 1.82) is 0 Å². The lowest BCUT2D eigenvalue weighted by atomic mass is 9.48. The number of benzene rings is 2. The molecule has 5 fully saturated rings. The summed E-state index contributed by atoms with van der Waals surface area (Å²) in [6.07, 6.45) is 8.23. The summed E-state index contributed by atoms with van der Waals surface area (Å²) in [7, 11) is 8.72. The highest BCUT2D eigenvalue weighted by Gasteiger charge is 2.62. The van der Waals surface area contributed by atoms with Crippen molar-refractivity contribution < 1.29 is 68.3 Å². The Morgan fingerprint density at radius 1 is 0.663 bits per heavy atom. The minimum atomic E-state index is -1.38. The molecule has 25 heteroatoms. The van der Waals surface area contributed by atoms with E-state index in [0.717, 1.165) is 70.0 Å². The maximum Gasteiger partial charge on any atom is 0.495 e. The largest absolute Gasteiger partial charge is 0.496 e. The number of ether oxygens (including phenoxy) is 2. The van der Waals surface area contributed by atoms with Gasteiger partial charge < -0.3 is 60.0 Å². The van der Waals surface area contributed by atoms with Gasteiger partial charge in [0.15, 0.2) is 12.2 Å². The van der Waals surface area contributed by atoms with E-state index >= 15 is 0 Å². The molecule has 4 saturated carbocycles. The first-order valence-corrected chi connectivity index (χ1v) is 31.5. The summed E-state index contributed by atoms with van der Waals surface area (Å²) < 4.78 is 13.4. The van der Waals surface area contributed by atoms with Gasteiger partial charge in [-0.25, -0.2) is 9.48 Å². The molecular formula is C64H96N11O14+. The van der Waals surface area contributed by atoms with Crippen LogP contribution in [-0.4, -0.2) is 269 Å². The lowest BCUT2D eigenvalue weighted by Gasteiger charge is -2.59. The Balaban J connectivity index is 0.852. The Labute approximate surface area is 522 Å². The molecule has 1 aliphatic heterocycles. The Morgan fingerprint density at radius 3 is 1.70 bits per heavy atom. The molecule has 0 radical (unpaired) electrons. The number of unbranched alkanes of at least 4 members (excludes halogenated alkanes) is 2. The summed E-state index contributed by atoms with van der Waals surface area (Å²) in [6, 6.07) is 12.5. The van der Waals surface area contributed by atoms with Crippen molar-refractivity contribution >= 4 is 47.5 Å². The normalized spacial score (nSPS) is 21.0. The van der Waals surface area contributed by atoms with E-state index < -0.39 is 35.3 Å². The van der Waals surface area contributed by atoms with Crippen LogP contribution in [0.5, 0.6) is 11.5 Å². The van der Waals surface area contributed by atoms with Crippen LogP contribution < -0.4 is 20.1 Å². The summed E-state index contributed by atoms with van der Waals surface area (Å²) in [5, 5.41) is 50.4. The third-order valence-electron chi connectivity index (χ3n) is 18.5. The standard InChI is InChI=1S/C64H95N11O14/c1-43(2)49-37-46(17-18-51(49)75-52(60-53(88-6)14-11-15-54(60)89-7)38-50(67-75)61(84)66-64(63(86)87)47-33-44-32-45(35-47)36-48(64)34-44)62(85)70(5)23-13-21-68(3)20-12-22-69(4)56(77)16-9-8-10-19-65-55(76)39-71-24-26-72(40-57(78)79)28-30-74(42-59(82)83)31-29-73(27-25-71)41-58(80)81/h11,14-15,17-18,37-38,43-45,47-48H,8-10,12-13,16,19-36,39-42H2,1-7H3,(H,65,76)(H,66,84)(H,78,79)(H,80,81)(H,82,83)(H,86,87)/p+1. The molecule has 7 N–H and O–H groups in total. The fraction of sp³-hybridized carbons (Fsp3) is 0.641. The molecule has 4 bridgehead atoms. The van der Waals surface area contributed by atoms with Gasteiger partial charge in [-0.1, -0.05) is 26.3 Å². The number of methoxy groups -OCH3 is 2. The maximum atomic E-state index is 14.5. The molecule has 3 aromatic rings. The number of carbonyl (C=O) groups is 7. The topological polar surface area (TPSA) is 305 Å². The van der Waals surface area contributed by atoms with Crippen LogP contribution in [0.3, 0.4) is 0 Å². The number of carboxylic acids is 4. The number of aromatic nitrogens is 2. The molecule has 89 heavy (non-hydrogen) atoms. The number of carbonyl (C=O) groups excluding carboxylic acids is 4. The molecule has 490 valence electrons. The van der Waals surface area contributed by atoms with Gasteiger partial charge in [0.2, 0.25) is 11.8 Å². The van der Waals surface area contributed by atoms with Crippen LogP contribution in [0.15, 0.2) is 42.5 Å². The van der Waals surface area contributed by atoms with Gasteiger partial charge in [0.1, 0.15) is 17.0 Å². The van der Waals surface area contributed by atoms with Crippen molar-refractivity contribution in [2.75, 3.05) is 147 Å². The molecule has 8 rings (SSSR count). The van der Waals surface area contributed by atoms with Crippen LogP contribution in [-0.2, 0) is 24.0 Å². The molecule has 0 spiro atoms. The van der Waals surface area contributed by atoms with Gasteiger partial charge in [0, 0.05) is 98.1 Å². The van der Waals surface area contributed by atoms with Crippen LogP contribution in [0.4, 0.5) is 0 Å². The molecule has 2 heterocycles. The monoisotopic (exact) mass is 1240 g/mol. The van der Waals surface area contributed by atoms with Gasteiger partial charge >= 0.3 is 23.9 Å². The zero-order valence-electron chi connectivity index (χ0n) is 53.2. The zero-order chi connectivity index (χ0) is 64.5. The number of hydrogen-bond acceptors (Lipinski definition) is 15. The molecule has 4 aliphatic carbocycles. The van der Waals surface area contributed by atoms with Gasteiger partial charge in [-0.2, -0.15) is 5.10 Å². The van der Waals surface area contributed by atoms with Crippen molar-refractivity contribution in [2.45, 2.75) is 95.9 Å². The van der Waals surface area contributed by atoms with Crippen LogP contribution in [0.1, 0.15) is 117 Å². The highest BCUT2D eigenvalue weighted by Crippen LogP contribution is 2.58. The summed E-state index contributed by atoms with van der Waals surface area (Å²) in [5.41, 5.74) is 1.66. The summed E-state index contributed by atoms with van der Waals surface area (Å²) in [6.45, 7) is 9.17. The Bertz CT molecular complexity index is 2870. The predicted octanol–water partition coefficient (Wildman–Crippen LogP) is 4.06.